The quantitative estimate of drug-likeness (QED) is 0.140. The van der Waals surface area contributed by atoms with Gasteiger partial charge in [0.05, 0.1) is 42.1 Å². The lowest BCUT2D eigenvalue weighted by Gasteiger charge is -2.24. The molecule has 7 N–H and O–H groups in total. The first-order chi connectivity index (χ1) is 21.5. The number of aliphatic hydroxyl groups excluding tert-OH is 3. The largest absolute Gasteiger partial charge is 0.478 e. The van der Waals surface area contributed by atoms with Crippen LogP contribution in [0.4, 0.5) is 0 Å². The third-order valence-electron chi connectivity index (χ3n) is 5.84. The molecule has 0 bridgehead atoms. The van der Waals surface area contributed by atoms with Gasteiger partial charge >= 0.3 is 23.9 Å². The molecule has 240 valence electrons. The minimum atomic E-state index is -0.879. The van der Waals surface area contributed by atoms with Gasteiger partial charge < -0.3 is 35.7 Å². The van der Waals surface area contributed by atoms with Gasteiger partial charge in [0.25, 0.3) is 0 Å². The summed E-state index contributed by atoms with van der Waals surface area (Å²) in [5.41, 5.74) is 0.657. The third kappa shape index (κ3) is 17.4. The predicted octanol–water partition coefficient (Wildman–Crippen LogP) is 4.90. The van der Waals surface area contributed by atoms with Gasteiger partial charge in [-0.2, -0.15) is 0 Å². The minimum Gasteiger partial charge on any atom is -0.478 e. The van der Waals surface area contributed by atoms with E-state index in [0.29, 0.717) is 28.7 Å². The Labute approximate surface area is 260 Å². The van der Waals surface area contributed by atoms with Gasteiger partial charge in [0, 0.05) is 5.41 Å². The minimum absolute atomic E-state index is 0.156. The van der Waals surface area contributed by atoms with Crippen LogP contribution in [0.5, 0.6) is 0 Å². The van der Waals surface area contributed by atoms with Crippen LogP contribution in [0.25, 0.3) is 0 Å². The van der Waals surface area contributed by atoms with E-state index >= 15 is 0 Å². The molecule has 4 rings (SSSR count). The van der Waals surface area contributed by atoms with Crippen LogP contribution in [0.3, 0.4) is 0 Å². The molecule has 0 aromatic heterocycles. The van der Waals surface area contributed by atoms with Gasteiger partial charge in [-0.05, 0) is 55.0 Å². The van der Waals surface area contributed by atoms with Crippen molar-refractivity contribution in [2.75, 3.05) is 19.8 Å². The standard InChI is InChI=1S/4C7H6O2.C6H14O3/c4*8-7(9)6-4-2-1-3-5-6;1-2-6(3-7,4-8)5-9/h4*1-5H,(H,8,9);7-9H,2-5H2,1H3. The summed E-state index contributed by atoms with van der Waals surface area (Å²) in [7, 11) is 0. The van der Waals surface area contributed by atoms with Crippen molar-refractivity contribution in [3.8, 4) is 0 Å². The second-order valence-electron chi connectivity index (χ2n) is 9.01. The SMILES string of the molecule is CCC(CO)(CO)CO.O=C(O)c1ccccc1.O=C(O)c1ccccc1.O=C(O)c1ccccc1.O=C(O)c1ccccc1. The van der Waals surface area contributed by atoms with Crippen LogP contribution in [-0.2, 0) is 0 Å². The Hall–Kier alpha value is -5.36. The van der Waals surface area contributed by atoms with E-state index in [-0.39, 0.29) is 19.8 Å². The van der Waals surface area contributed by atoms with Crippen LogP contribution in [-0.4, -0.2) is 79.4 Å². The number of aromatic carboxylic acids is 4. The topological polar surface area (TPSA) is 210 Å². The van der Waals surface area contributed by atoms with Crippen LogP contribution in [0, 0.1) is 5.41 Å². The number of hydrogen-bond acceptors (Lipinski definition) is 7. The summed E-state index contributed by atoms with van der Waals surface area (Å²) >= 11 is 0. The Balaban J connectivity index is 0.000000538. The van der Waals surface area contributed by atoms with Crippen molar-refractivity contribution in [2.45, 2.75) is 13.3 Å². The smallest absolute Gasteiger partial charge is 0.335 e. The Morgan fingerprint density at radius 1 is 0.422 bits per heavy atom. The fraction of sp³-hybridized carbons (Fsp3) is 0.176. The first-order valence-corrected chi connectivity index (χ1v) is 13.4. The zero-order chi connectivity index (χ0) is 34.1. The molecule has 0 saturated heterocycles. The van der Waals surface area contributed by atoms with Crippen molar-refractivity contribution in [1.29, 1.82) is 0 Å². The van der Waals surface area contributed by atoms with Crippen molar-refractivity contribution < 1.29 is 54.9 Å². The molecule has 0 spiro atoms. The van der Waals surface area contributed by atoms with E-state index < -0.39 is 29.3 Å². The fourth-order valence-corrected chi connectivity index (χ4v) is 2.81. The van der Waals surface area contributed by atoms with Gasteiger partial charge in [0.15, 0.2) is 0 Å². The second kappa shape index (κ2) is 23.1. The van der Waals surface area contributed by atoms with Gasteiger partial charge in [-0.25, -0.2) is 19.2 Å². The summed E-state index contributed by atoms with van der Waals surface area (Å²) in [4.78, 5) is 40.8. The molecule has 11 heteroatoms. The summed E-state index contributed by atoms with van der Waals surface area (Å²) in [6.45, 7) is 1.35. The van der Waals surface area contributed by atoms with E-state index in [0.717, 1.165) is 0 Å². The molecule has 0 radical (unpaired) electrons. The van der Waals surface area contributed by atoms with E-state index in [1.807, 2.05) is 6.92 Å². The molecular weight excluding hydrogens is 584 g/mol. The number of aliphatic hydroxyl groups is 3. The highest BCUT2D eigenvalue weighted by molar-refractivity contribution is 5.88. The molecule has 0 unspecified atom stereocenters. The molecule has 11 nitrogen and oxygen atoms in total. The molecule has 0 saturated carbocycles. The highest BCUT2D eigenvalue weighted by Gasteiger charge is 2.24. The van der Waals surface area contributed by atoms with Crippen LogP contribution in [0.15, 0.2) is 121 Å². The van der Waals surface area contributed by atoms with Gasteiger partial charge in [-0.1, -0.05) is 79.7 Å². The maximum Gasteiger partial charge on any atom is 0.335 e. The molecule has 0 fully saturated rings. The summed E-state index contributed by atoms with van der Waals surface area (Å²) in [5, 5.41) is 59.5. The molecule has 4 aromatic carbocycles. The van der Waals surface area contributed by atoms with E-state index in [2.05, 4.69) is 0 Å². The lowest BCUT2D eigenvalue weighted by Crippen LogP contribution is -2.32. The molecule has 0 heterocycles. The first kappa shape index (κ1) is 39.6. The number of benzene rings is 4. The maximum absolute atomic E-state index is 10.2. The number of carboxylic acid groups (broad SMARTS) is 4. The predicted molar refractivity (Wildman–Crippen MR) is 168 cm³/mol. The maximum atomic E-state index is 10.2. The number of carbonyl (C=O) groups is 4. The molecule has 0 aliphatic rings. The second-order valence-corrected chi connectivity index (χ2v) is 9.01. The van der Waals surface area contributed by atoms with Gasteiger partial charge in [0.1, 0.15) is 0 Å². The average Bonchev–Trinajstić information content (AvgIpc) is 3.09. The monoisotopic (exact) mass is 622 g/mol. The number of carboxylic acids is 4. The van der Waals surface area contributed by atoms with E-state index in [1.54, 1.807) is 121 Å². The molecule has 0 atom stereocenters. The lowest BCUT2D eigenvalue weighted by atomic mass is 9.88. The van der Waals surface area contributed by atoms with Gasteiger partial charge in [-0.15, -0.1) is 0 Å². The Morgan fingerprint density at radius 2 is 0.600 bits per heavy atom. The molecule has 0 aliphatic heterocycles. The summed E-state index contributed by atoms with van der Waals surface area (Å²) in [5.74, 6) is -3.52. The molecule has 45 heavy (non-hydrogen) atoms. The van der Waals surface area contributed by atoms with Crippen LogP contribution in [0.2, 0.25) is 0 Å². The first-order valence-electron chi connectivity index (χ1n) is 13.4. The van der Waals surface area contributed by atoms with Crippen molar-refractivity contribution in [3.05, 3.63) is 144 Å². The van der Waals surface area contributed by atoms with Crippen LogP contribution in [0.1, 0.15) is 54.8 Å². The number of hydrogen-bond donors (Lipinski definition) is 7. The van der Waals surface area contributed by atoms with Gasteiger partial charge in [0.2, 0.25) is 0 Å². The van der Waals surface area contributed by atoms with Crippen molar-refractivity contribution in [2.24, 2.45) is 5.41 Å². The van der Waals surface area contributed by atoms with E-state index in [9.17, 15) is 19.2 Å². The highest BCUT2D eigenvalue weighted by atomic mass is 16.4. The molecule has 0 aliphatic carbocycles. The fourth-order valence-electron chi connectivity index (χ4n) is 2.81. The summed E-state index contributed by atoms with van der Waals surface area (Å²) in [6, 6.07) is 33.2. The Bertz CT molecular complexity index is 1160. The third-order valence-corrected chi connectivity index (χ3v) is 5.84. The average molecular weight is 623 g/mol. The van der Waals surface area contributed by atoms with Crippen LogP contribution < -0.4 is 0 Å². The van der Waals surface area contributed by atoms with Crippen molar-refractivity contribution in [1.82, 2.24) is 0 Å². The van der Waals surface area contributed by atoms with Crippen molar-refractivity contribution in [3.63, 3.8) is 0 Å². The van der Waals surface area contributed by atoms with Crippen LogP contribution >= 0.6 is 0 Å². The number of rotatable bonds is 8. The molecular formula is C34H38O11. The zero-order valence-corrected chi connectivity index (χ0v) is 24.6. The normalized spacial score (nSPS) is 9.51. The lowest BCUT2D eigenvalue weighted by molar-refractivity contribution is 0.00302. The molecule has 4 aromatic rings. The molecule has 0 amide bonds. The zero-order valence-electron chi connectivity index (χ0n) is 24.6. The van der Waals surface area contributed by atoms with E-state index in [4.69, 9.17) is 35.7 Å². The van der Waals surface area contributed by atoms with E-state index in [1.165, 1.54) is 0 Å². The van der Waals surface area contributed by atoms with Crippen molar-refractivity contribution >= 4 is 23.9 Å². The Morgan fingerprint density at radius 3 is 0.667 bits per heavy atom. The summed E-state index contributed by atoms with van der Waals surface area (Å²) in [6.07, 6.45) is 0.594. The summed E-state index contributed by atoms with van der Waals surface area (Å²) < 4.78 is 0. The van der Waals surface area contributed by atoms with Gasteiger partial charge in [-0.3, -0.25) is 0 Å². The Kier molecular flexibility index (Phi) is 20.4. The highest BCUT2D eigenvalue weighted by Crippen LogP contribution is 2.18.